The maximum absolute atomic E-state index is 11.9. The molecule has 3 rings (SSSR count). The molecular weight excluding hydrogens is 386 g/mol. The Kier molecular flexibility index (Phi) is 5.30. The largest absolute Gasteiger partial charge is 0.471 e. The maximum Gasteiger partial charge on any atom is 0.248 e. The van der Waals surface area contributed by atoms with Gasteiger partial charge >= 0.3 is 0 Å². The van der Waals surface area contributed by atoms with Crippen LogP contribution in [-0.2, 0) is 18.6 Å². The SMILES string of the molecule is Cn1cc(/C=C/C(=O)Nc2cnn(COc3ccc(Br)cc3)c2)cn1. The first kappa shape index (κ1) is 17.0. The first-order chi connectivity index (χ1) is 12.1. The Morgan fingerprint density at radius 3 is 2.76 bits per heavy atom. The van der Waals surface area contributed by atoms with Crippen molar-refractivity contribution in [2.45, 2.75) is 6.73 Å². The number of aryl methyl sites for hydroxylation is 1. The van der Waals surface area contributed by atoms with Crippen molar-refractivity contribution in [2.24, 2.45) is 7.05 Å². The molecule has 25 heavy (non-hydrogen) atoms. The van der Waals surface area contributed by atoms with Crippen LogP contribution in [0.5, 0.6) is 5.75 Å². The number of aromatic nitrogens is 4. The fourth-order valence-electron chi connectivity index (χ4n) is 2.05. The summed E-state index contributed by atoms with van der Waals surface area (Å²) in [6, 6.07) is 7.52. The van der Waals surface area contributed by atoms with Gasteiger partial charge in [-0.2, -0.15) is 10.2 Å². The lowest BCUT2D eigenvalue weighted by Crippen LogP contribution is -2.08. The Morgan fingerprint density at radius 2 is 2.04 bits per heavy atom. The van der Waals surface area contributed by atoms with Crippen molar-refractivity contribution in [1.29, 1.82) is 0 Å². The predicted molar refractivity (Wildman–Crippen MR) is 97.9 cm³/mol. The molecule has 0 spiro atoms. The second-order valence-electron chi connectivity index (χ2n) is 5.27. The van der Waals surface area contributed by atoms with Crippen molar-refractivity contribution in [2.75, 3.05) is 5.32 Å². The number of hydrogen-bond donors (Lipinski definition) is 1. The number of nitrogens with zero attached hydrogens (tertiary/aromatic N) is 4. The molecule has 0 unspecified atom stereocenters. The number of benzene rings is 1. The molecule has 0 fully saturated rings. The van der Waals surface area contributed by atoms with Crippen LogP contribution in [0.15, 0.2) is 59.6 Å². The molecule has 0 saturated heterocycles. The first-order valence-electron chi connectivity index (χ1n) is 7.47. The van der Waals surface area contributed by atoms with E-state index in [1.54, 1.807) is 34.0 Å². The van der Waals surface area contributed by atoms with E-state index < -0.39 is 0 Å². The molecule has 0 aliphatic rings. The van der Waals surface area contributed by atoms with E-state index in [0.717, 1.165) is 15.8 Å². The van der Waals surface area contributed by atoms with E-state index in [-0.39, 0.29) is 12.6 Å². The molecule has 0 aliphatic carbocycles. The van der Waals surface area contributed by atoms with Crippen LogP contribution in [-0.4, -0.2) is 25.5 Å². The van der Waals surface area contributed by atoms with Gasteiger partial charge in [-0.05, 0) is 30.3 Å². The van der Waals surface area contributed by atoms with E-state index in [2.05, 4.69) is 31.4 Å². The average molecular weight is 402 g/mol. The summed E-state index contributed by atoms with van der Waals surface area (Å²) in [7, 11) is 1.82. The summed E-state index contributed by atoms with van der Waals surface area (Å²) in [5.41, 5.74) is 1.46. The Labute approximate surface area is 153 Å². The number of nitrogens with one attached hydrogen (secondary N) is 1. The summed E-state index contributed by atoms with van der Waals surface area (Å²) in [4.78, 5) is 11.9. The van der Waals surface area contributed by atoms with E-state index in [4.69, 9.17) is 4.74 Å². The third kappa shape index (κ3) is 5.05. The van der Waals surface area contributed by atoms with Crippen LogP contribution in [0.25, 0.3) is 6.08 Å². The molecule has 0 aliphatic heterocycles. The fourth-order valence-corrected chi connectivity index (χ4v) is 2.32. The molecule has 2 aromatic heterocycles. The summed E-state index contributed by atoms with van der Waals surface area (Å²) in [5.74, 6) is 0.501. The zero-order valence-electron chi connectivity index (χ0n) is 13.5. The molecule has 0 atom stereocenters. The summed E-state index contributed by atoms with van der Waals surface area (Å²) in [6.45, 7) is 0.253. The van der Waals surface area contributed by atoms with Crippen molar-refractivity contribution in [3.8, 4) is 5.75 Å². The molecule has 2 heterocycles. The summed E-state index contributed by atoms with van der Waals surface area (Å²) >= 11 is 3.37. The van der Waals surface area contributed by atoms with Crippen LogP contribution in [0.2, 0.25) is 0 Å². The van der Waals surface area contributed by atoms with Crippen LogP contribution >= 0.6 is 15.9 Å². The zero-order valence-corrected chi connectivity index (χ0v) is 15.0. The number of anilines is 1. The van der Waals surface area contributed by atoms with Crippen molar-refractivity contribution in [3.05, 3.63) is 65.2 Å². The van der Waals surface area contributed by atoms with Crippen LogP contribution < -0.4 is 10.1 Å². The number of carbonyl (C=O) groups is 1. The summed E-state index contributed by atoms with van der Waals surface area (Å²) in [5, 5.41) is 10.9. The Balaban J connectivity index is 1.51. The van der Waals surface area contributed by atoms with E-state index in [1.807, 2.05) is 37.5 Å². The van der Waals surface area contributed by atoms with Gasteiger partial charge in [0.1, 0.15) is 5.75 Å². The van der Waals surface area contributed by atoms with Gasteiger partial charge in [0.05, 0.1) is 24.3 Å². The topological polar surface area (TPSA) is 74.0 Å². The Hall–Kier alpha value is -2.87. The van der Waals surface area contributed by atoms with Gasteiger partial charge in [-0.15, -0.1) is 0 Å². The normalized spacial score (nSPS) is 11.0. The minimum Gasteiger partial charge on any atom is -0.471 e. The molecule has 7 nitrogen and oxygen atoms in total. The summed E-state index contributed by atoms with van der Waals surface area (Å²) in [6.07, 6.45) is 9.92. The zero-order chi connectivity index (χ0) is 17.6. The van der Waals surface area contributed by atoms with Gasteiger partial charge in [-0.1, -0.05) is 15.9 Å². The van der Waals surface area contributed by atoms with Crippen LogP contribution in [0.4, 0.5) is 5.69 Å². The fraction of sp³-hybridized carbons (Fsp3) is 0.118. The van der Waals surface area contributed by atoms with Crippen LogP contribution in [0, 0.1) is 0 Å². The standard InChI is InChI=1S/C17H16BrN5O2/c1-22-10-13(8-19-22)2-7-17(24)21-15-9-20-23(11-15)12-25-16-5-3-14(18)4-6-16/h2-11H,12H2,1H3,(H,21,24)/b7-2+. The van der Waals surface area contributed by atoms with E-state index in [9.17, 15) is 4.79 Å². The second kappa shape index (κ2) is 7.80. The number of rotatable bonds is 6. The molecule has 128 valence electrons. The molecule has 3 aromatic rings. The lowest BCUT2D eigenvalue weighted by Gasteiger charge is -2.05. The van der Waals surface area contributed by atoms with Crippen molar-refractivity contribution in [1.82, 2.24) is 19.6 Å². The molecule has 1 N–H and O–H groups in total. The molecule has 0 radical (unpaired) electrons. The van der Waals surface area contributed by atoms with Gasteiger partial charge < -0.3 is 10.1 Å². The molecule has 0 bridgehead atoms. The quantitative estimate of drug-likeness (QED) is 0.644. The molecule has 0 saturated carbocycles. The van der Waals surface area contributed by atoms with Crippen molar-refractivity contribution < 1.29 is 9.53 Å². The van der Waals surface area contributed by atoms with Crippen LogP contribution in [0.1, 0.15) is 5.56 Å². The minimum atomic E-state index is -0.239. The van der Waals surface area contributed by atoms with E-state index in [0.29, 0.717) is 5.69 Å². The smallest absolute Gasteiger partial charge is 0.248 e. The molecule has 8 heteroatoms. The molecule has 1 amide bonds. The molecule has 1 aromatic carbocycles. The number of carbonyl (C=O) groups excluding carboxylic acids is 1. The highest BCUT2D eigenvalue weighted by atomic mass is 79.9. The monoisotopic (exact) mass is 401 g/mol. The lowest BCUT2D eigenvalue weighted by atomic mass is 10.3. The van der Waals surface area contributed by atoms with Gasteiger partial charge in [0.2, 0.25) is 5.91 Å². The van der Waals surface area contributed by atoms with E-state index >= 15 is 0 Å². The van der Waals surface area contributed by atoms with Crippen LogP contribution in [0.3, 0.4) is 0 Å². The highest BCUT2D eigenvalue weighted by molar-refractivity contribution is 9.10. The van der Waals surface area contributed by atoms with Crippen molar-refractivity contribution >= 4 is 33.6 Å². The van der Waals surface area contributed by atoms with Gasteiger partial charge in [0, 0.05) is 29.4 Å². The van der Waals surface area contributed by atoms with Gasteiger partial charge in [-0.25, -0.2) is 4.68 Å². The number of hydrogen-bond acceptors (Lipinski definition) is 4. The number of amides is 1. The minimum absolute atomic E-state index is 0.239. The maximum atomic E-state index is 11.9. The Bertz CT molecular complexity index is 883. The third-order valence-corrected chi connectivity index (χ3v) is 3.76. The summed E-state index contributed by atoms with van der Waals surface area (Å²) < 4.78 is 9.88. The second-order valence-corrected chi connectivity index (χ2v) is 6.18. The third-order valence-electron chi connectivity index (χ3n) is 3.23. The number of ether oxygens (including phenoxy) is 1. The van der Waals surface area contributed by atoms with Crippen molar-refractivity contribution in [3.63, 3.8) is 0 Å². The lowest BCUT2D eigenvalue weighted by molar-refractivity contribution is -0.111. The van der Waals surface area contributed by atoms with E-state index in [1.165, 1.54) is 6.08 Å². The highest BCUT2D eigenvalue weighted by Gasteiger charge is 2.03. The first-order valence-corrected chi connectivity index (χ1v) is 8.26. The highest BCUT2D eigenvalue weighted by Crippen LogP contribution is 2.16. The molecular formula is C17H16BrN5O2. The van der Waals surface area contributed by atoms with Gasteiger partial charge in [0.15, 0.2) is 6.73 Å². The Morgan fingerprint density at radius 1 is 1.24 bits per heavy atom. The average Bonchev–Trinajstić information content (AvgIpc) is 3.21. The van der Waals surface area contributed by atoms with Gasteiger partial charge in [-0.3, -0.25) is 9.48 Å². The van der Waals surface area contributed by atoms with Gasteiger partial charge in [0.25, 0.3) is 0 Å². The number of halogens is 1. The predicted octanol–water partition coefficient (Wildman–Crippen LogP) is 3.07.